The van der Waals surface area contributed by atoms with Crippen molar-refractivity contribution in [2.24, 2.45) is 5.14 Å². The van der Waals surface area contributed by atoms with Crippen LogP contribution < -0.4 is 9.88 Å². The lowest BCUT2D eigenvalue weighted by Gasteiger charge is -2.12. The third kappa shape index (κ3) is 4.13. The molecule has 1 heterocycles. The van der Waals surface area contributed by atoms with Crippen molar-refractivity contribution >= 4 is 15.7 Å². The predicted octanol–water partition coefficient (Wildman–Crippen LogP) is 1.19. The van der Waals surface area contributed by atoms with Gasteiger partial charge in [0.15, 0.2) is 0 Å². The van der Waals surface area contributed by atoms with Gasteiger partial charge in [-0.2, -0.15) is 0 Å². The summed E-state index contributed by atoms with van der Waals surface area (Å²) >= 11 is 0. The minimum atomic E-state index is -4.10. The fourth-order valence-corrected chi connectivity index (χ4v) is 2.82. The number of sulfonamides is 1. The molecule has 1 aromatic carbocycles. The number of hydrogen-bond donors (Lipinski definition) is 1. The van der Waals surface area contributed by atoms with Gasteiger partial charge in [0.1, 0.15) is 10.6 Å². The first kappa shape index (κ1) is 15.7. The Morgan fingerprint density at radius 2 is 2.24 bits per heavy atom. The molecule has 0 amide bonds. The van der Waals surface area contributed by atoms with Gasteiger partial charge in [-0.25, -0.2) is 13.6 Å². The maximum absolute atomic E-state index is 11.5. The summed E-state index contributed by atoms with van der Waals surface area (Å²) < 4.78 is 33.8. The number of nitro benzene ring substituents is 1. The maximum atomic E-state index is 11.5. The molecule has 2 N–H and O–H groups in total. The molecule has 1 fully saturated rings. The first-order valence-electron chi connectivity index (χ1n) is 6.43. The number of rotatable bonds is 6. The number of non-ortho nitro benzene ring substituents is 1. The molecule has 2 rings (SSSR count). The number of hydrogen-bond acceptors (Lipinski definition) is 6. The van der Waals surface area contributed by atoms with E-state index in [4.69, 9.17) is 14.6 Å². The van der Waals surface area contributed by atoms with Gasteiger partial charge in [0, 0.05) is 25.2 Å². The van der Waals surface area contributed by atoms with Crippen molar-refractivity contribution in [3.05, 3.63) is 28.3 Å². The van der Waals surface area contributed by atoms with Crippen LogP contribution in [0.4, 0.5) is 5.69 Å². The average molecular weight is 316 g/mol. The molecule has 21 heavy (non-hydrogen) atoms. The van der Waals surface area contributed by atoms with E-state index in [1.165, 1.54) is 12.1 Å². The van der Waals surface area contributed by atoms with Gasteiger partial charge in [0.05, 0.1) is 17.6 Å². The highest BCUT2D eigenvalue weighted by Gasteiger charge is 2.21. The second kappa shape index (κ2) is 6.37. The molecule has 8 nitrogen and oxygen atoms in total. The molecule has 0 radical (unpaired) electrons. The SMILES string of the molecule is NS(=O)(=O)c1cc([N+](=O)[O-])ccc1OCCC1CCCO1. The molecule has 1 aromatic rings. The Balaban J connectivity index is 2.12. The number of primary sulfonamides is 1. The monoisotopic (exact) mass is 316 g/mol. The van der Waals surface area contributed by atoms with E-state index >= 15 is 0 Å². The van der Waals surface area contributed by atoms with Gasteiger partial charge < -0.3 is 9.47 Å². The van der Waals surface area contributed by atoms with Gasteiger partial charge in [0.25, 0.3) is 5.69 Å². The molecule has 0 aliphatic carbocycles. The number of benzene rings is 1. The Hall–Kier alpha value is -1.71. The molecular weight excluding hydrogens is 300 g/mol. The van der Waals surface area contributed by atoms with Crippen molar-refractivity contribution in [3.63, 3.8) is 0 Å². The predicted molar refractivity (Wildman–Crippen MR) is 73.6 cm³/mol. The lowest BCUT2D eigenvalue weighted by molar-refractivity contribution is -0.385. The molecule has 1 atom stereocenters. The highest BCUT2D eigenvalue weighted by molar-refractivity contribution is 7.89. The van der Waals surface area contributed by atoms with Crippen LogP contribution in [0.1, 0.15) is 19.3 Å². The van der Waals surface area contributed by atoms with E-state index in [0.29, 0.717) is 6.42 Å². The molecule has 0 bridgehead atoms. The van der Waals surface area contributed by atoms with Gasteiger partial charge in [0.2, 0.25) is 10.0 Å². The molecule has 1 aliphatic rings. The van der Waals surface area contributed by atoms with Gasteiger partial charge in [-0.3, -0.25) is 10.1 Å². The molecule has 1 unspecified atom stereocenters. The van der Waals surface area contributed by atoms with Crippen LogP contribution in [0.5, 0.6) is 5.75 Å². The van der Waals surface area contributed by atoms with Crippen LogP contribution in [0.15, 0.2) is 23.1 Å². The van der Waals surface area contributed by atoms with Crippen molar-refractivity contribution in [3.8, 4) is 5.75 Å². The van der Waals surface area contributed by atoms with Crippen molar-refractivity contribution in [1.29, 1.82) is 0 Å². The zero-order valence-corrected chi connectivity index (χ0v) is 12.0. The normalized spacial score (nSPS) is 18.6. The molecule has 0 aromatic heterocycles. The lowest BCUT2D eigenvalue weighted by Crippen LogP contribution is -2.16. The summed E-state index contributed by atoms with van der Waals surface area (Å²) in [7, 11) is -4.10. The smallest absolute Gasteiger partial charge is 0.271 e. The highest BCUT2D eigenvalue weighted by atomic mass is 32.2. The quantitative estimate of drug-likeness (QED) is 0.621. The number of nitrogens with two attached hydrogens (primary N) is 1. The van der Waals surface area contributed by atoms with Crippen LogP contribution in [0.3, 0.4) is 0 Å². The lowest BCUT2D eigenvalue weighted by atomic mass is 10.2. The Bertz CT molecular complexity index is 625. The van der Waals surface area contributed by atoms with E-state index in [1.807, 2.05) is 0 Å². The molecule has 1 aliphatic heterocycles. The minimum absolute atomic E-state index is 0.0149. The molecule has 116 valence electrons. The molecule has 0 saturated carbocycles. The summed E-state index contributed by atoms with van der Waals surface area (Å²) in [4.78, 5) is 9.62. The fourth-order valence-electron chi connectivity index (χ4n) is 2.12. The van der Waals surface area contributed by atoms with Crippen LogP contribution in [0.2, 0.25) is 0 Å². The molecule has 1 saturated heterocycles. The van der Waals surface area contributed by atoms with Crippen molar-refractivity contribution in [2.75, 3.05) is 13.2 Å². The summed E-state index contributed by atoms with van der Waals surface area (Å²) in [5, 5.41) is 15.8. The summed E-state index contributed by atoms with van der Waals surface area (Å²) in [5.41, 5.74) is -0.356. The van der Waals surface area contributed by atoms with Gasteiger partial charge in [-0.05, 0) is 18.9 Å². The molecule has 9 heteroatoms. The fraction of sp³-hybridized carbons (Fsp3) is 0.500. The van der Waals surface area contributed by atoms with E-state index in [-0.39, 0.29) is 29.0 Å². The topological polar surface area (TPSA) is 122 Å². The van der Waals surface area contributed by atoms with Gasteiger partial charge in [-0.1, -0.05) is 0 Å². The van der Waals surface area contributed by atoms with E-state index in [9.17, 15) is 18.5 Å². The van der Waals surface area contributed by atoms with Crippen molar-refractivity contribution in [1.82, 2.24) is 0 Å². The van der Waals surface area contributed by atoms with Crippen LogP contribution >= 0.6 is 0 Å². The Kier molecular flexibility index (Phi) is 4.76. The number of nitrogens with zero attached hydrogens (tertiary/aromatic N) is 1. The Labute approximate surface area is 122 Å². The van der Waals surface area contributed by atoms with Crippen LogP contribution in [0.25, 0.3) is 0 Å². The highest BCUT2D eigenvalue weighted by Crippen LogP contribution is 2.28. The van der Waals surface area contributed by atoms with Crippen molar-refractivity contribution in [2.45, 2.75) is 30.3 Å². The zero-order chi connectivity index (χ0) is 15.5. The summed E-state index contributed by atoms with van der Waals surface area (Å²) in [6.07, 6.45) is 2.69. The largest absolute Gasteiger partial charge is 0.492 e. The number of ether oxygens (including phenoxy) is 2. The third-order valence-corrected chi connectivity index (χ3v) is 4.10. The Morgan fingerprint density at radius 3 is 2.81 bits per heavy atom. The zero-order valence-electron chi connectivity index (χ0n) is 11.2. The van der Waals surface area contributed by atoms with E-state index in [0.717, 1.165) is 25.5 Å². The van der Waals surface area contributed by atoms with E-state index < -0.39 is 14.9 Å². The maximum Gasteiger partial charge on any atom is 0.271 e. The van der Waals surface area contributed by atoms with Crippen molar-refractivity contribution < 1.29 is 22.8 Å². The summed E-state index contributed by atoms with van der Waals surface area (Å²) in [5.74, 6) is 0.0149. The first-order chi connectivity index (χ1) is 9.88. The number of nitro groups is 1. The minimum Gasteiger partial charge on any atom is -0.492 e. The summed E-state index contributed by atoms with van der Waals surface area (Å²) in [6, 6.07) is 3.32. The molecule has 0 spiro atoms. The van der Waals surface area contributed by atoms with Gasteiger partial charge in [-0.15, -0.1) is 0 Å². The van der Waals surface area contributed by atoms with Crippen LogP contribution in [-0.4, -0.2) is 32.7 Å². The van der Waals surface area contributed by atoms with E-state index in [2.05, 4.69) is 0 Å². The second-order valence-corrected chi connectivity index (χ2v) is 6.24. The third-order valence-electron chi connectivity index (χ3n) is 3.17. The first-order valence-corrected chi connectivity index (χ1v) is 7.98. The second-order valence-electron chi connectivity index (χ2n) is 4.71. The standard InChI is InChI=1S/C12H16N2O6S/c13-21(17,18)12-8-9(14(15)16)3-4-11(12)20-7-5-10-2-1-6-19-10/h3-4,8,10H,1-2,5-7H2,(H2,13,17,18). The Morgan fingerprint density at radius 1 is 1.48 bits per heavy atom. The van der Waals surface area contributed by atoms with Gasteiger partial charge >= 0.3 is 0 Å². The average Bonchev–Trinajstić information content (AvgIpc) is 2.90. The van der Waals surface area contributed by atoms with E-state index in [1.54, 1.807) is 0 Å². The van der Waals surface area contributed by atoms with Crippen LogP contribution in [0, 0.1) is 10.1 Å². The summed E-state index contributed by atoms with van der Waals surface area (Å²) in [6.45, 7) is 0.982. The van der Waals surface area contributed by atoms with Crippen LogP contribution in [-0.2, 0) is 14.8 Å². The molecular formula is C12H16N2O6S.